The van der Waals surface area contributed by atoms with Crippen LogP contribution >= 0.6 is 0 Å². The van der Waals surface area contributed by atoms with E-state index in [0.717, 1.165) is 29.6 Å². The molecule has 1 heterocycles. The maximum Gasteiger partial charge on any atom is 0.189 e. The summed E-state index contributed by atoms with van der Waals surface area (Å²) >= 11 is 0. The van der Waals surface area contributed by atoms with Gasteiger partial charge in [0, 0.05) is 20.2 Å². The van der Waals surface area contributed by atoms with Crippen LogP contribution in [-0.4, -0.2) is 57.5 Å². The number of carbonyl (C=O) groups excluding carboxylic acids is 1. The van der Waals surface area contributed by atoms with E-state index in [9.17, 15) is 4.79 Å². The lowest BCUT2D eigenvalue weighted by atomic mass is 10.1. The molecule has 0 bridgehead atoms. The highest BCUT2D eigenvalue weighted by Crippen LogP contribution is 2.26. The fraction of sp³-hybridized carbons (Fsp3) is 0.556. The maximum atomic E-state index is 11.5. The fourth-order valence-electron chi connectivity index (χ4n) is 2.86. The summed E-state index contributed by atoms with van der Waals surface area (Å²) in [6.07, 6.45) is -0.314. The monoisotopic (exact) mass is 318 g/mol. The molecule has 23 heavy (non-hydrogen) atoms. The summed E-state index contributed by atoms with van der Waals surface area (Å²) in [5, 5.41) is 1.38. The molecule has 2 rings (SSSR count). The Bertz CT molecular complexity index is 706. The number of benzene rings is 1. The average molecular weight is 318 g/mol. The van der Waals surface area contributed by atoms with Gasteiger partial charge in [-0.2, -0.15) is 0 Å². The number of methoxy groups -OCH3 is 1. The van der Waals surface area contributed by atoms with Crippen LogP contribution in [0.5, 0.6) is 0 Å². The van der Waals surface area contributed by atoms with Gasteiger partial charge in [0.2, 0.25) is 0 Å². The minimum atomic E-state index is -0.318. The highest BCUT2D eigenvalue weighted by molar-refractivity contribution is 5.70. The predicted molar refractivity (Wildman–Crippen MR) is 91.6 cm³/mol. The Labute approximate surface area is 137 Å². The van der Waals surface area contributed by atoms with Crippen LogP contribution in [0.1, 0.15) is 19.4 Å². The molecule has 1 aliphatic heterocycles. The summed E-state index contributed by atoms with van der Waals surface area (Å²) in [7, 11) is 5.74. The standard InChI is InChI=1S/C18H26N2O3/c1-12(2)23-17-16-14(11-21)13(3)7-8-15(16)20(18(17)22-6)10-9-19(4)5/h7-8,12,18H,9-10H2,1-6H3. The quantitative estimate of drug-likeness (QED) is 0.759. The van der Waals surface area contributed by atoms with Crippen molar-refractivity contribution in [2.75, 3.05) is 39.2 Å². The summed E-state index contributed by atoms with van der Waals surface area (Å²) < 4.78 is 11.7. The topological polar surface area (TPSA) is 42.0 Å². The molecule has 0 spiro atoms. The molecule has 1 atom stereocenters. The molecule has 1 aromatic rings. The molecule has 0 fully saturated rings. The second kappa shape index (κ2) is 7.18. The number of aryl methyl sites for hydroxylation is 1. The van der Waals surface area contributed by atoms with E-state index in [0.29, 0.717) is 11.0 Å². The zero-order valence-electron chi connectivity index (χ0n) is 14.8. The van der Waals surface area contributed by atoms with Gasteiger partial charge in [0.25, 0.3) is 0 Å². The first-order valence-electron chi connectivity index (χ1n) is 7.90. The van der Waals surface area contributed by atoms with E-state index >= 15 is 0 Å². The third-order valence-corrected chi connectivity index (χ3v) is 3.93. The molecule has 0 saturated heterocycles. The van der Waals surface area contributed by atoms with Gasteiger partial charge in [-0.3, -0.25) is 0 Å². The minimum Gasteiger partial charge on any atom is -0.490 e. The number of hydrogen-bond donors (Lipinski definition) is 0. The van der Waals surface area contributed by atoms with Gasteiger partial charge in [0.1, 0.15) is 5.94 Å². The van der Waals surface area contributed by atoms with E-state index in [1.807, 2.05) is 47.0 Å². The molecule has 0 aromatic heterocycles. The summed E-state index contributed by atoms with van der Waals surface area (Å²) in [6, 6.07) is 3.98. The van der Waals surface area contributed by atoms with Crippen molar-refractivity contribution in [1.82, 2.24) is 4.90 Å². The van der Waals surface area contributed by atoms with Gasteiger partial charge in [-0.05, 0) is 46.5 Å². The van der Waals surface area contributed by atoms with Crippen LogP contribution in [0.3, 0.4) is 0 Å². The smallest absolute Gasteiger partial charge is 0.189 e. The minimum absolute atomic E-state index is 0.00399. The third-order valence-electron chi connectivity index (χ3n) is 3.93. The van der Waals surface area contributed by atoms with Crippen LogP contribution in [-0.2, 0) is 14.3 Å². The van der Waals surface area contributed by atoms with E-state index < -0.39 is 0 Å². The number of nitrogens with zero attached hydrogens (tertiary/aromatic N) is 2. The van der Waals surface area contributed by atoms with Crippen LogP contribution in [0.4, 0.5) is 5.69 Å². The summed E-state index contributed by atoms with van der Waals surface area (Å²) in [6.45, 7) is 7.52. The Hall–Kier alpha value is -1.81. The molecule has 0 amide bonds. The molecule has 5 heteroatoms. The number of anilines is 1. The second-order valence-corrected chi connectivity index (χ2v) is 6.37. The van der Waals surface area contributed by atoms with Crippen LogP contribution in [0.15, 0.2) is 12.1 Å². The number of rotatable bonds is 6. The summed E-state index contributed by atoms with van der Waals surface area (Å²) in [5.74, 6) is 2.79. The third kappa shape index (κ3) is 3.42. The first-order chi connectivity index (χ1) is 10.9. The second-order valence-electron chi connectivity index (χ2n) is 6.37. The molecule has 1 aliphatic rings. The summed E-state index contributed by atoms with van der Waals surface area (Å²) in [4.78, 5) is 15.8. The Balaban J connectivity index is 2.66. The number of ether oxygens (including phenoxy) is 2. The van der Waals surface area contributed by atoms with Gasteiger partial charge in [-0.25, -0.2) is 4.79 Å². The normalized spacial score (nSPS) is 17.0. The van der Waals surface area contributed by atoms with Gasteiger partial charge in [0.05, 0.1) is 22.2 Å². The molecule has 1 aromatic carbocycles. The number of hydrogen-bond acceptors (Lipinski definition) is 5. The Kier molecular flexibility index (Phi) is 5.47. The first kappa shape index (κ1) is 17.5. The summed E-state index contributed by atoms with van der Waals surface area (Å²) in [5.41, 5.74) is 1.87. The fourth-order valence-corrected chi connectivity index (χ4v) is 2.86. The molecular formula is C18H26N2O3. The predicted octanol–water partition coefficient (Wildman–Crippen LogP) is 0.386. The van der Waals surface area contributed by atoms with Gasteiger partial charge < -0.3 is 19.3 Å². The van der Waals surface area contributed by atoms with Crippen molar-refractivity contribution in [1.29, 1.82) is 0 Å². The van der Waals surface area contributed by atoms with E-state index in [2.05, 4.69) is 15.7 Å². The SMILES string of the molecule is COC1C(OC(C)C)=c2c(ccc(C)c2=C=O)N1CCN(C)C. The van der Waals surface area contributed by atoms with Crippen molar-refractivity contribution in [3.8, 4) is 0 Å². The highest BCUT2D eigenvalue weighted by atomic mass is 16.5. The van der Waals surface area contributed by atoms with Gasteiger partial charge in [0.15, 0.2) is 12.0 Å². The molecular weight excluding hydrogens is 292 g/mol. The molecule has 126 valence electrons. The van der Waals surface area contributed by atoms with Crippen LogP contribution < -0.4 is 15.3 Å². The van der Waals surface area contributed by atoms with E-state index in [4.69, 9.17) is 9.47 Å². The van der Waals surface area contributed by atoms with Crippen molar-refractivity contribution in [2.45, 2.75) is 33.1 Å². The Morgan fingerprint density at radius 2 is 2.04 bits per heavy atom. The highest BCUT2D eigenvalue weighted by Gasteiger charge is 2.33. The van der Waals surface area contributed by atoms with Crippen molar-refractivity contribution in [3.63, 3.8) is 0 Å². The lowest BCUT2D eigenvalue weighted by Gasteiger charge is -2.30. The largest absolute Gasteiger partial charge is 0.490 e. The average Bonchev–Trinajstić information content (AvgIpc) is 2.77. The molecule has 0 radical (unpaired) electrons. The van der Waals surface area contributed by atoms with Gasteiger partial charge in [-0.15, -0.1) is 0 Å². The molecule has 5 nitrogen and oxygen atoms in total. The maximum absolute atomic E-state index is 11.5. The van der Waals surface area contributed by atoms with Crippen molar-refractivity contribution >= 4 is 17.4 Å². The molecule has 0 aliphatic carbocycles. The van der Waals surface area contributed by atoms with Crippen LogP contribution in [0.2, 0.25) is 0 Å². The zero-order chi connectivity index (χ0) is 17.1. The van der Waals surface area contributed by atoms with E-state index in [1.54, 1.807) is 7.11 Å². The van der Waals surface area contributed by atoms with E-state index in [1.165, 1.54) is 0 Å². The Morgan fingerprint density at radius 1 is 1.35 bits per heavy atom. The van der Waals surface area contributed by atoms with Crippen molar-refractivity contribution in [2.24, 2.45) is 0 Å². The lowest BCUT2D eigenvalue weighted by Crippen LogP contribution is -2.39. The van der Waals surface area contributed by atoms with E-state index in [-0.39, 0.29) is 12.3 Å². The lowest BCUT2D eigenvalue weighted by molar-refractivity contribution is 0.0883. The van der Waals surface area contributed by atoms with Gasteiger partial charge >= 0.3 is 0 Å². The van der Waals surface area contributed by atoms with Crippen LogP contribution in [0, 0.1) is 6.92 Å². The molecule has 1 unspecified atom stereocenters. The van der Waals surface area contributed by atoms with Crippen molar-refractivity contribution in [3.05, 3.63) is 28.1 Å². The molecule has 0 N–H and O–H groups in total. The van der Waals surface area contributed by atoms with Gasteiger partial charge in [-0.1, -0.05) is 6.07 Å². The number of likely N-dealkylation sites (N-methyl/N-ethyl adjacent to an activating group) is 1. The van der Waals surface area contributed by atoms with Crippen LogP contribution in [0.25, 0.3) is 5.76 Å². The van der Waals surface area contributed by atoms with Crippen molar-refractivity contribution < 1.29 is 14.3 Å². The zero-order valence-corrected chi connectivity index (χ0v) is 14.8. The Morgan fingerprint density at radius 3 is 2.57 bits per heavy atom. The first-order valence-corrected chi connectivity index (χ1v) is 7.90. The molecule has 0 saturated carbocycles. The number of fused-ring (bicyclic) bond motifs is 1.